The third-order valence-electron chi connectivity index (χ3n) is 2.76. The van der Waals surface area contributed by atoms with Crippen LogP contribution in [0.25, 0.3) is 21.7 Å². The number of thiophene rings is 1. The Morgan fingerprint density at radius 3 is 2.89 bits per heavy atom. The van der Waals surface area contributed by atoms with E-state index in [0.717, 1.165) is 29.7 Å². The summed E-state index contributed by atoms with van der Waals surface area (Å²) in [6.45, 7) is 0. The SMILES string of the molecule is Nc1n[nH]c(-c2cc(Br)ccc2I)c1-c1cccs1. The van der Waals surface area contributed by atoms with Crippen LogP contribution in [0.3, 0.4) is 0 Å². The Bertz CT molecular complexity index is 722. The Morgan fingerprint density at radius 2 is 2.16 bits per heavy atom. The molecule has 0 fully saturated rings. The molecule has 0 unspecified atom stereocenters. The topological polar surface area (TPSA) is 54.7 Å². The van der Waals surface area contributed by atoms with E-state index in [1.54, 1.807) is 11.3 Å². The number of aromatic nitrogens is 2. The maximum Gasteiger partial charge on any atom is 0.154 e. The van der Waals surface area contributed by atoms with Gasteiger partial charge in [-0.15, -0.1) is 11.3 Å². The number of halogens is 2. The summed E-state index contributed by atoms with van der Waals surface area (Å²) in [6.07, 6.45) is 0. The zero-order valence-electron chi connectivity index (χ0n) is 9.65. The highest BCUT2D eigenvalue weighted by Gasteiger charge is 2.17. The molecule has 0 aliphatic heterocycles. The highest BCUT2D eigenvalue weighted by Crippen LogP contribution is 2.39. The average molecular weight is 446 g/mol. The van der Waals surface area contributed by atoms with Crippen LogP contribution in [0.2, 0.25) is 0 Å². The zero-order chi connectivity index (χ0) is 13.4. The maximum absolute atomic E-state index is 6.01. The molecule has 0 bridgehead atoms. The number of benzene rings is 1. The van der Waals surface area contributed by atoms with E-state index >= 15 is 0 Å². The smallest absolute Gasteiger partial charge is 0.154 e. The van der Waals surface area contributed by atoms with E-state index in [1.165, 1.54) is 0 Å². The van der Waals surface area contributed by atoms with E-state index in [9.17, 15) is 0 Å². The quantitative estimate of drug-likeness (QED) is 0.559. The van der Waals surface area contributed by atoms with Crippen LogP contribution in [0, 0.1) is 3.57 Å². The highest BCUT2D eigenvalue weighted by molar-refractivity contribution is 14.1. The predicted octanol–water partition coefficient (Wildman–Crippen LogP) is 4.75. The van der Waals surface area contributed by atoms with Gasteiger partial charge in [-0.1, -0.05) is 22.0 Å². The molecule has 19 heavy (non-hydrogen) atoms. The van der Waals surface area contributed by atoms with Crippen molar-refractivity contribution in [1.29, 1.82) is 0 Å². The first-order chi connectivity index (χ1) is 9.16. The van der Waals surface area contributed by atoms with Crippen molar-refractivity contribution in [1.82, 2.24) is 10.2 Å². The number of hydrogen-bond donors (Lipinski definition) is 2. The second-order valence-electron chi connectivity index (χ2n) is 3.96. The number of H-pyrrole nitrogens is 1. The molecule has 2 heterocycles. The number of nitrogen functional groups attached to an aromatic ring is 1. The van der Waals surface area contributed by atoms with Crippen molar-refractivity contribution in [2.24, 2.45) is 0 Å². The summed E-state index contributed by atoms with van der Waals surface area (Å²) in [5.41, 5.74) is 9.05. The van der Waals surface area contributed by atoms with Gasteiger partial charge in [-0.3, -0.25) is 5.10 Å². The van der Waals surface area contributed by atoms with Crippen LogP contribution in [0.4, 0.5) is 5.82 Å². The Morgan fingerprint density at radius 1 is 1.32 bits per heavy atom. The normalized spacial score (nSPS) is 10.8. The van der Waals surface area contributed by atoms with E-state index in [-0.39, 0.29) is 0 Å². The van der Waals surface area contributed by atoms with Crippen LogP contribution in [0.5, 0.6) is 0 Å². The average Bonchev–Trinajstić information content (AvgIpc) is 3.01. The van der Waals surface area contributed by atoms with Gasteiger partial charge in [0.15, 0.2) is 5.82 Å². The summed E-state index contributed by atoms with van der Waals surface area (Å²) in [4.78, 5) is 1.12. The van der Waals surface area contributed by atoms with Gasteiger partial charge >= 0.3 is 0 Å². The lowest BCUT2D eigenvalue weighted by atomic mass is 10.1. The second-order valence-corrected chi connectivity index (χ2v) is 6.99. The lowest BCUT2D eigenvalue weighted by molar-refractivity contribution is 1.10. The molecular weight excluding hydrogens is 437 g/mol. The van der Waals surface area contributed by atoms with E-state index in [1.807, 2.05) is 17.5 Å². The van der Waals surface area contributed by atoms with Crippen molar-refractivity contribution in [2.75, 3.05) is 5.73 Å². The van der Waals surface area contributed by atoms with Crippen molar-refractivity contribution >= 4 is 55.7 Å². The number of nitrogens with two attached hydrogens (primary N) is 1. The van der Waals surface area contributed by atoms with Crippen molar-refractivity contribution < 1.29 is 0 Å². The molecule has 2 aromatic heterocycles. The third-order valence-corrected chi connectivity index (χ3v) is 5.08. The molecule has 0 aliphatic rings. The van der Waals surface area contributed by atoms with Crippen molar-refractivity contribution in [3.05, 3.63) is 43.8 Å². The van der Waals surface area contributed by atoms with Gasteiger partial charge in [-0.2, -0.15) is 5.10 Å². The molecule has 6 heteroatoms. The van der Waals surface area contributed by atoms with Gasteiger partial charge in [0.05, 0.1) is 11.3 Å². The van der Waals surface area contributed by atoms with E-state index in [4.69, 9.17) is 5.73 Å². The fraction of sp³-hybridized carbons (Fsp3) is 0. The fourth-order valence-corrected chi connectivity index (χ4v) is 3.66. The summed E-state index contributed by atoms with van der Waals surface area (Å²) in [5.74, 6) is 0.535. The molecule has 96 valence electrons. The standard InChI is InChI=1S/C13H9BrIN3S/c14-7-3-4-9(15)8(6-7)12-11(13(16)18-17-12)10-2-1-5-19-10/h1-6H,(H3,16,17,18). The first-order valence-electron chi connectivity index (χ1n) is 5.50. The Balaban J connectivity index is 2.24. The summed E-state index contributed by atoms with van der Waals surface area (Å²) >= 11 is 7.49. The number of hydrogen-bond acceptors (Lipinski definition) is 3. The molecule has 0 spiro atoms. The first kappa shape index (κ1) is 13.1. The Hall–Kier alpha value is -0.860. The minimum atomic E-state index is 0.535. The molecule has 3 aromatic rings. The molecule has 3 nitrogen and oxygen atoms in total. The zero-order valence-corrected chi connectivity index (χ0v) is 14.2. The number of aromatic amines is 1. The van der Waals surface area contributed by atoms with Crippen molar-refractivity contribution in [3.8, 4) is 21.7 Å². The number of nitrogens with zero attached hydrogens (tertiary/aromatic N) is 1. The van der Waals surface area contributed by atoms with Crippen LogP contribution in [0.1, 0.15) is 0 Å². The number of rotatable bonds is 2. The molecule has 0 amide bonds. The molecule has 0 saturated heterocycles. The monoisotopic (exact) mass is 445 g/mol. The second kappa shape index (κ2) is 5.26. The maximum atomic E-state index is 6.01. The van der Waals surface area contributed by atoms with Gasteiger partial charge in [0.1, 0.15) is 0 Å². The van der Waals surface area contributed by atoms with Gasteiger partial charge in [0, 0.05) is 18.5 Å². The van der Waals surface area contributed by atoms with E-state index in [0.29, 0.717) is 5.82 Å². The lowest BCUT2D eigenvalue weighted by Gasteiger charge is -2.06. The molecular formula is C13H9BrIN3S. The van der Waals surface area contributed by atoms with E-state index in [2.05, 4.69) is 66.9 Å². The van der Waals surface area contributed by atoms with Crippen LogP contribution in [0.15, 0.2) is 40.2 Å². The summed E-state index contributed by atoms with van der Waals surface area (Å²) in [5, 5.41) is 9.25. The Kier molecular flexibility index (Phi) is 3.64. The van der Waals surface area contributed by atoms with Gasteiger partial charge in [-0.25, -0.2) is 0 Å². The summed E-state index contributed by atoms with van der Waals surface area (Å²) in [7, 11) is 0. The van der Waals surface area contributed by atoms with Crippen LogP contribution in [-0.4, -0.2) is 10.2 Å². The Labute approximate surface area is 136 Å². The molecule has 3 rings (SSSR count). The van der Waals surface area contributed by atoms with Crippen LogP contribution in [-0.2, 0) is 0 Å². The molecule has 0 radical (unpaired) electrons. The lowest BCUT2D eigenvalue weighted by Crippen LogP contribution is -1.88. The molecule has 3 N–H and O–H groups in total. The summed E-state index contributed by atoms with van der Waals surface area (Å²) in [6, 6.07) is 10.2. The first-order valence-corrected chi connectivity index (χ1v) is 8.25. The third kappa shape index (κ3) is 2.44. The number of anilines is 1. The minimum absolute atomic E-state index is 0.535. The highest BCUT2D eigenvalue weighted by atomic mass is 127. The van der Waals surface area contributed by atoms with Crippen molar-refractivity contribution in [2.45, 2.75) is 0 Å². The van der Waals surface area contributed by atoms with Crippen LogP contribution < -0.4 is 5.73 Å². The molecule has 1 aromatic carbocycles. The van der Waals surface area contributed by atoms with Gasteiger partial charge in [-0.05, 0) is 52.2 Å². The van der Waals surface area contributed by atoms with Crippen molar-refractivity contribution in [3.63, 3.8) is 0 Å². The molecule has 0 atom stereocenters. The fourth-order valence-electron chi connectivity index (χ4n) is 1.91. The van der Waals surface area contributed by atoms with Crippen LogP contribution >= 0.6 is 49.9 Å². The van der Waals surface area contributed by atoms with Gasteiger partial charge in [0.25, 0.3) is 0 Å². The van der Waals surface area contributed by atoms with E-state index < -0.39 is 0 Å². The molecule has 0 aliphatic carbocycles. The predicted molar refractivity (Wildman–Crippen MR) is 92.2 cm³/mol. The largest absolute Gasteiger partial charge is 0.382 e. The van der Waals surface area contributed by atoms with Gasteiger partial charge < -0.3 is 5.73 Å². The molecule has 0 saturated carbocycles. The van der Waals surface area contributed by atoms with Gasteiger partial charge in [0.2, 0.25) is 0 Å². The summed E-state index contributed by atoms with van der Waals surface area (Å²) < 4.78 is 2.19. The number of nitrogens with one attached hydrogen (secondary N) is 1. The minimum Gasteiger partial charge on any atom is -0.382 e.